The van der Waals surface area contributed by atoms with E-state index in [0.29, 0.717) is 27.0 Å². The lowest BCUT2D eigenvalue weighted by atomic mass is 10.1. The minimum Gasteiger partial charge on any atom is -0.325 e. The normalized spacial score (nSPS) is 11.8. The first-order valence-electron chi connectivity index (χ1n) is 13.3. The van der Waals surface area contributed by atoms with E-state index in [-0.39, 0.29) is 11.6 Å². The van der Waals surface area contributed by atoms with Gasteiger partial charge in [0, 0.05) is 31.9 Å². The summed E-state index contributed by atoms with van der Waals surface area (Å²) in [5, 5.41) is 12.5. The summed E-state index contributed by atoms with van der Waals surface area (Å²) in [7, 11) is 0. The Morgan fingerprint density at radius 2 is 1.45 bits per heavy atom. The average Bonchev–Trinajstić information content (AvgIpc) is 3.53. The van der Waals surface area contributed by atoms with Gasteiger partial charge in [-0.25, -0.2) is 0 Å². The first-order valence-corrected chi connectivity index (χ1v) is 15.9. The molecule has 5 rings (SSSR count). The zero-order valence-electron chi connectivity index (χ0n) is 23.0. The van der Waals surface area contributed by atoms with Crippen LogP contribution in [0, 0.1) is 0 Å². The van der Waals surface area contributed by atoms with Crippen molar-refractivity contribution in [3.8, 4) is 0 Å². The molecule has 0 aliphatic rings. The van der Waals surface area contributed by atoms with Gasteiger partial charge in [-0.15, -0.1) is 11.8 Å². The Hall–Kier alpha value is -4.34. The summed E-state index contributed by atoms with van der Waals surface area (Å²) in [6.45, 7) is 0. The van der Waals surface area contributed by atoms with Crippen molar-refractivity contribution in [2.45, 2.75) is 10.1 Å². The Balaban J connectivity index is 1.36. The zero-order chi connectivity index (χ0) is 30.9. The van der Waals surface area contributed by atoms with E-state index in [0.717, 1.165) is 16.0 Å². The van der Waals surface area contributed by atoms with E-state index in [1.54, 1.807) is 66.7 Å². The highest BCUT2D eigenvalue weighted by Crippen LogP contribution is 2.37. The summed E-state index contributed by atoms with van der Waals surface area (Å²) in [5.74, 6) is -1.15. The van der Waals surface area contributed by atoms with Crippen molar-refractivity contribution in [2.75, 3.05) is 10.6 Å². The molecule has 5 aromatic rings. The first-order chi connectivity index (χ1) is 21.3. The number of nitrogens with one attached hydrogen (secondary N) is 3. The molecule has 3 N–H and O–H groups in total. The van der Waals surface area contributed by atoms with Gasteiger partial charge in [-0.3, -0.25) is 14.4 Å². The fourth-order valence-corrected chi connectivity index (χ4v) is 6.41. The molecule has 0 aliphatic carbocycles. The van der Waals surface area contributed by atoms with Crippen LogP contribution in [0.1, 0.15) is 26.7 Å². The average molecular weight is 659 g/mol. The summed E-state index contributed by atoms with van der Waals surface area (Å²) >= 11 is 15.1. The minimum atomic E-state index is -0.626. The molecule has 0 bridgehead atoms. The van der Waals surface area contributed by atoms with E-state index in [1.165, 1.54) is 23.1 Å². The second-order valence-electron chi connectivity index (χ2n) is 9.47. The molecule has 1 unspecified atom stereocenters. The standard InChI is InChI=1S/C34H25Cl2N3O3S2/c35-25-17-26(36)19-28(18-25)38-34(42)31(23-8-3-1-4-9-23)44-29-13-7-12-27(20-29)37-33(41)30(16-22-14-15-43-21-22)39-32(40)24-10-5-2-6-11-24/h1-21,31H,(H,37,41)(H,38,42)(H,39,40)/b30-16-. The summed E-state index contributed by atoms with van der Waals surface area (Å²) in [4.78, 5) is 40.6. The van der Waals surface area contributed by atoms with Crippen LogP contribution >= 0.6 is 46.3 Å². The third-order valence-electron chi connectivity index (χ3n) is 6.20. The lowest BCUT2D eigenvalue weighted by Gasteiger charge is -2.18. The van der Waals surface area contributed by atoms with Crippen LogP contribution in [0.2, 0.25) is 10.0 Å². The molecule has 0 saturated heterocycles. The Labute approximate surface area is 273 Å². The minimum absolute atomic E-state index is 0.0945. The second kappa shape index (κ2) is 14.9. The van der Waals surface area contributed by atoms with Gasteiger partial charge in [0.15, 0.2) is 0 Å². The fourth-order valence-electron chi connectivity index (χ4n) is 4.18. The van der Waals surface area contributed by atoms with Gasteiger partial charge >= 0.3 is 0 Å². The van der Waals surface area contributed by atoms with Gasteiger partial charge in [0.1, 0.15) is 10.9 Å². The van der Waals surface area contributed by atoms with Crippen molar-refractivity contribution in [3.05, 3.63) is 152 Å². The number of anilines is 2. The maximum atomic E-state index is 13.5. The molecule has 44 heavy (non-hydrogen) atoms. The number of hydrogen-bond donors (Lipinski definition) is 3. The predicted molar refractivity (Wildman–Crippen MR) is 181 cm³/mol. The highest BCUT2D eigenvalue weighted by molar-refractivity contribution is 8.00. The molecule has 220 valence electrons. The molecule has 4 aromatic carbocycles. The van der Waals surface area contributed by atoms with Crippen LogP contribution in [0.3, 0.4) is 0 Å². The van der Waals surface area contributed by atoms with Crippen molar-refractivity contribution in [2.24, 2.45) is 0 Å². The van der Waals surface area contributed by atoms with E-state index >= 15 is 0 Å². The first kappa shape index (κ1) is 31.1. The van der Waals surface area contributed by atoms with Crippen LogP contribution in [-0.2, 0) is 9.59 Å². The molecule has 3 amide bonds. The van der Waals surface area contributed by atoms with E-state index in [2.05, 4.69) is 16.0 Å². The van der Waals surface area contributed by atoms with Crippen LogP contribution in [0.4, 0.5) is 11.4 Å². The van der Waals surface area contributed by atoms with E-state index < -0.39 is 17.1 Å². The van der Waals surface area contributed by atoms with Crippen LogP contribution in [-0.4, -0.2) is 17.7 Å². The van der Waals surface area contributed by atoms with Crippen LogP contribution in [0.15, 0.2) is 131 Å². The molecule has 0 spiro atoms. The van der Waals surface area contributed by atoms with Gasteiger partial charge in [0.25, 0.3) is 11.8 Å². The zero-order valence-corrected chi connectivity index (χ0v) is 26.1. The van der Waals surface area contributed by atoms with Crippen LogP contribution < -0.4 is 16.0 Å². The topological polar surface area (TPSA) is 87.3 Å². The second-order valence-corrected chi connectivity index (χ2v) is 12.3. The highest BCUT2D eigenvalue weighted by atomic mass is 35.5. The lowest BCUT2D eigenvalue weighted by molar-refractivity contribution is -0.116. The number of thioether (sulfide) groups is 1. The van der Waals surface area contributed by atoms with Crippen LogP contribution in [0.25, 0.3) is 6.08 Å². The number of amides is 3. The Bertz CT molecular complexity index is 1780. The summed E-state index contributed by atoms with van der Waals surface area (Å²) in [5.41, 5.74) is 3.09. The Morgan fingerprint density at radius 1 is 0.750 bits per heavy atom. The Kier molecular flexibility index (Phi) is 10.5. The lowest BCUT2D eigenvalue weighted by Crippen LogP contribution is -2.30. The van der Waals surface area contributed by atoms with Gasteiger partial charge in [-0.1, -0.05) is 77.8 Å². The number of halogens is 2. The molecule has 1 aromatic heterocycles. The maximum Gasteiger partial charge on any atom is 0.272 e. The third-order valence-corrected chi connectivity index (χ3v) is 8.59. The molecular formula is C34H25Cl2N3O3S2. The number of hydrogen-bond acceptors (Lipinski definition) is 5. The predicted octanol–water partition coefficient (Wildman–Crippen LogP) is 8.94. The smallest absolute Gasteiger partial charge is 0.272 e. The van der Waals surface area contributed by atoms with E-state index in [4.69, 9.17) is 23.2 Å². The van der Waals surface area contributed by atoms with Gasteiger partial charge < -0.3 is 16.0 Å². The maximum absolute atomic E-state index is 13.5. The summed E-state index contributed by atoms with van der Waals surface area (Å²) in [6, 6.07) is 32.0. The van der Waals surface area contributed by atoms with Gasteiger partial charge in [0.2, 0.25) is 5.91 Å². The van der Waals surface area contributed by atoms with Crippen molar-refractivity contribution in [1.29, 1.82) is 0 Å². The Morgan fingerprint density at radius 3 is 2.14 bits per heavy atom. The summed E-state index contributed by atoms with van der Waals surface area (Å²) in [6.07, 6.45) is 1.63. The fraction of sp³-hybridized carbons (Fsp3) is 0.0294. The number of carbonyl (C=O) groups excluding carboxylic acids is 3. The summed E-state index contributed by atoms with van der Waals surface area (Å²) < 4.78 is 0. The van der Waals surface area contributed by atoms with Crippen molar-refractivity contribution >= 4 is 81.5 Å². The highest BCUT2D eigenvalue weighted by Gasteiger charge is 2.23. The largest absolute Gasteiger partial charge is 0.325 e. The monoisotopic (exact) mass is 657 g/mol. The van der Waals surface area contributed by atoms with E-state index in [9.17, 15) is 14.4 Å². The number of carbonyl (C=O) groups is 3. The van der Waals surface area contributed by atoms with E-state index in [1.807, 2.05) is 59.3 Å². The van der Waals surface area contributed by atoms with Crippen molar-refractivity contribution in [1.82, 2.24) is 5.32 Å². The third kappa shape index (κ3) is 8.61. The molecule has 0 fully saturated rings. The number of rotatable bonds is 10. The molecule has 0 radical (unpaired) electrons. The molecule has 0 saturated carbocycles. The molecule has 1 atom stereocenters. The van der Waals surface area contributed by atoms with Gasteiger partial charge in [-0.05, 0) is 82.6 Å². The molecule has 1 heterocycles. The molecular weight excluding hydrogens is 633 g/mol. The quantitative estimate of drug-likeness (QED) is 0.103. The number of benzene rings is 4. The van der Waals surface area contributed by atoms with Gasteiger partial charge in [-0.2, -0.15) is 11.3 Å². The number of thiophene rings is 1. The van der Waals surface area contributed by atoms with Crippen molar-refractivity contribution in [3.63, 3.8) is 0 Å². The SMILES string of the molecule is O=C(Nc1cccc(SC(C(=O)Nc2cc(Cl)cc(Cl)c2)c2ccccc2)c1)/C(=C/c1ccsc1)NC(=O)c1ccccc1. The van der Waals surface area contributed by atoms with Crippen molar-refractivity contribution < 1.29 is 14.4 Å². The molecule has 6 nitrogen and oxygen atoms in total. The molecule has 0 aliphatic heterocycles. The van der Waals surface area contributed by atoms with Gasteiger partial charge in [0.05, 0.1) is 0 Å². The van der Waals surface area contributed by atoms with Crippen LogP contribution in [0.5, 0.6) is 0 Å². The molecule has 10 heteroatoms.